The Morgan fingerprint density at radius 3 is 1.42 bits per heavy atom. The predicted octanol–water partition coefficient (Wildman–Crippen LogP) is 7.66. The molecule has 0 N–H and O–H groups in total. The number of rotatable bonds is 4. The molecule has 0 bridgehead atoms. The first-order valence-electron chi connectivity index (χ1n) is 9.82. The summed E-state index contributed by atoms with van der Waals surface area (Å²) in [5, 5.41) is 0. The maximum atomic E-state index is 10.8. The van der Waals surface area contributed by atoms with Gasteiger partial charge < -0.3 is 0 Å². The Hall–Kier alpha value is -2.38. The van der Waals surface area contributed by atoms with Crippen molar-refractivity contribution in [2.24, 2.45) is 7.99 Å². The van der Waals surface area contributed by atoms with Gasteiger partial charge in [0, 0.05) is 13.8 Å². The summed E-state index contributed by atoms with van der Waals surface area (Å²) < 4.78 is 9.02. The minimum Gasteiger partial charge on any atom is -0.147 e. The van der Waals surface area contributed by atoms with Gasteiger partial charge in [0.25, 0.3) is 0 Å². The van der Waals surface area contributed by atoms with Crippen LogP contribution in [0.1, 0.15) is 57.1 Å². The molecular weight excluding hydrogens is 504 g/mol. The quantitative estimate of drug-likeness (QED) is 0.323. The van der Waals surface area contributed by atoms with E-state index in [0.717, 1.165) is 25.7 Å². The van der Waals surface area contributed by atoms with E-state index in [1.165, 1.54) is 36.1 Å². The van der Waals surface area contributed by atoms with Crippen LogP contribution in [0.2, 0.25) is 0 Å². The maximum Gasteiger partial charge on any atom is -0.147 e. The fraction of sp³-hybridized carbons (Fsp3) is 0.240. The molecule has 0 atom stereocenters. The van der Waals surface area contributed by atoms with Gasteiger partial charge in [-0.05, 0) is 12.1 Å². The predicted molar refractivity (Wildman–Crippen MR) is 135 cm³/mol. The van der Waals surface area contributed by atoms with E-state index >= 15 is 0 Å². The fourth-order valence-corrected chi connectivity index (χ4v) is 3.49. The van der Waals surface area contributed by atoms with Crippen molar-refractivity contribution in [2.45, 2.75) is 41.5 Å². The number of hydrogen-bond donors (Lipinski definition) is 0. The van der Waals surface area contributed by atoms with E-state index in [1.807, 2.05) is 12.1 Å². The minimum absolute atomic E-state index is 0. The number of aromatic nitrogens is 1. The largest absolute Gasteiger partial charge is 0.147 e. The smallest absolute Gasteiger partial charge is 0.147 e. The van der Waals surface area contributed by atoms with Crippen LogP contribution in [0.4, 0.5) is 11.4 Å². The normalized spacial score (nSPS) is 9.39. The Kier molecular flexibility index (Phi) is 13.6. The summed E-state index contributed by atoms with van der Waals surface area (Å²) in [6.45, 7) is 11.2. The molecule has 0 spiro atoms. The first-order valence-corrected chi connectivity index (χ1v) is 10.8. The van der Waals surface area contributed by atoms with E-state index in [1.54, 1.807) is 18.2 Å². The number of hydrogen-bond acceptors (Lipinski definition) is 5. The van der Waals surface area contributed by atoms with E-state index < -0.39 is 0 Å². The molecule has 2 aromatic carbocycles. The summed E-state index contributed by atoms with van der Waals surface area (Å²) in [5.74, 6) is -0.254. The number of Topliss-reactive ketones (excluding diaryl/α,β-unsaturated/α-hetero) is 2. The number of ketones is 2. The fourth-order valence-electron chi connectivity index (χ4n) is 2.69. The number of halogens is 2. The third-order valence-electron chi connectivity index (χ3n) is 4.40. The van der Waals surface area contributed by atoms with Crippen molar-refractivity contribution in [2.75, 3.05) is 0 Å². The molecule has 33 heavy (non-hydrogen) atoms. The van der Waals surface area contributed by atoms with Crippen LogP contribution < -0.4 is 0 Å². The van der Waals surface area contributed by atoms with Crippen molar-refractivity contribution < 1.29 is 23.9 Å². The van der Waals surface area contributed by atoms with Gasteiger partial charge in [-0.25, -0.2) is 4.98 Å². The molecule has 8 heteroatoms. The summed E-state index contributed by atoms with van der Waals surface area (Å²) in [5.41, 5.74) is 7.62. The summed E-state index contributed by atoms with van der Waals surface area (Å²) >= 11 is 0.769. The van der Waals surface area contributed by atoms with Gasteiger partial charge in [-0.1, -0.05) is 6.07 Å². The van der Waals surface area contributed by atoms with E-state index in [9.17, 15) is 9.59 Å². The molecule has 0 amide bonds. The van der Waals surface area contributed by atoms with Crippen molar-refractivity contribution in [1.82, 2.24) is 4.98 Å². The van der Waals surface area contributed by atoms with Gasteiger partial charge in [-0.15, -0.1) is 24.8 Å². The number of nitrogens with zero attached hydrogens (tertiary/aromatic N) is 3. The van der Waals surface area contributed by atoms with Crippen molar-refractivity contribution in [1.29, 1.82) is 0 Å². The van der Waals surface area contributed by atoms with Gasteiger partial charge in [-0.3, -0.25) is 9.59 Å². The number of pyridine rings is 1. The molecule has 0 saturated heterocycles. The Bertz CT molecular complexity index is 1110. The zero-order valence-electron chi connectivity index (χ0n) is 19.5. The van der Waals surface area contributed by atoms with Crippen molar-refractivity contribution in [3.8, 4) is 0 Å². The molecule has 0 aliphatic rings. The van der Waals surface area contributed by atoms with Gasteiger partial charge in [0.2, 0.25) is 0 Å². The Balaban J connectivity index is 0.000000640. The summed E-state index contributed by atoms with van der Waals surface area (Å²) in [4.78, 5) is 25.6. The Morgan fingerprint density at radius 1 is 0.697 bits per heavy atom. The van der Waals surface area contributed by atoms with Crippen LogP contribution in [0.25, 0.3) is 0 Å². The van der Waals surface area contributed by atoms with Gasteiger partial charge in [-0.2, -0.15) is 0 Å². The maximum absolute atomic E-state index is 10.8. The molecule has 0 unspecified atom stereocenters. The zero-order valence-corrected chi connectivity index (χ0v) is 22.2. The second-order valence-corrected chi connectivity index (χ2v) is 7.99. The minimum atomic E-state index is -0.127. The second kappa shape index (κ2) is 14.7. The van der Waals surface area contributed by atoms with Crippen molar-refractivity contribution in [3.63, 3.8) is 0 Å². The molecule has 0 fully saturated rings. The number of carbonyl (C=O) groups excluding carboxylic acids is 2. The van der Waals surface area contributed by atoms with Crippen molar-refractivity contribution >= 4 is 47.8 Å². The molecule has 0 aliphatic carbocycles. The van der Waals surface area contributed by atoms with Crippen LogP contribution in [0, 0.1) is 27.7 Å². The van der Waals surface area contributed by atoms with Crippen LogP contribution in [-0.4, -0.2) is 16.6 Å². The Morgan fingerprint density at radius 2 is 1.09 bits per heavy atom. The van der Waals surface area contributed by atoms with E-state index in [2.05, 4.69) is 64.9 Å². The molecule has 179 valence electrons. The van der Waals surface area contributed by atoms with Crippen LogP contribution in [0.5, 0.6) is 0 Å². The molecule has 3 rings (SSSR count). The second-order valence-electron chi connectivity index (χ2n) is 7.32. The third-order valence-corrected chi connectivity index (χ3v) is 5.11. The number of carbonyl (C=O) groups is 2. The number of aryl methyl sites for hydroxylation is 4. The van der Waals surface area contributed by atoms with Crippen LogP contribution in [0.3, 0.4) is 0 Å². The molecule has 1 heterocycles. The first-order chi connectivity index (χ1) is 14.7. The number of benzene rings is 2. The standard InChI is InChI=1S/C9H9NO2.2C8H9N.2ClH.Co/c1-6(11)8-4-3-5-9(10-8)7(2)12;2*1-6-3-4-8(9)7(2)5-6;;;/h3-5H,1-2H3;2*3-5H,1-2H3;2*1H;. The van der Waals surface area contributed by atoms with E-state index in [0.29, 0.717) is 11.4 Å². The molecule has 1 aromatic heterocycles. The molecule has 0 radical (unpaired) electrons. The van der Waals surface area contributed by atoms with Gasteiger partial charge in [0.15, 0.2) is 11.6 Å². The average molecular weight is 533 g/mol. The van der Waals surface area contributed by atoms with Gasteiger partial charge >= 0.3 is 120 Å². The Labute approximate surface area is 213 Å². The summed E-state index contributed by atoms with van der Waals surface area (Å²) in [6, 6.07) is 17.4. The van der Waals surface area contributed by atoms with E-state index in [-0.39, 0.29) is 36.4 Å². The van der Waals surface area contributed by atoms with Crippen molar-refractivity contribution in [3.05, 3.63) is 88.2 Å². The SMILES string of the molecule is CC(=O)c1cccc(C(C)=O)n1.Cc1ccc([N]=[Co]=[N]c2ccc(C)cc2C)c(C)c1.Cl.Cl. The summed E-state index contributed by atoms with van der Waals surface area (Å²) in [6.07, 6.45) is 0. The topological polar surface area (TPSA) is 71.8 Å². The molecule has 3 aromatic rings. The molecule has 5 nitrogen and oxygen atoms in total. The average Bonchev–Trinajstić information content (AvgIpc) is 2.71. The van der Waals surface area contributed by atoms with Gasteiger partial charge in [0.1, 0.15) is 11.4 Å². The zero-order chi connectivity index (χ0) is 23.0. The van der Waals surface area contributed by atoms with E-state index in [4.69, 9.17) is 0 Å². The monoisotopic (exact) mass is 532 g/mol. The van der Waals surface area contributed by atoms with Crippen LogP contribution in [-0.2, 0) is 14.3 Å². The molecular formula is C25H29Cl2CoN3O2. The van der Waals surface area contributed by atoms with Crippen LogP contribution >= 0.6 is 24.8 Å². The summed E-state index contributed by atoms with van der Waals surface area (Å²) in [7, 11) is 0. The van der Waals surface area contributed by atoms with Gasteiger partial charge in [0.05, 0.1) is 0 Å². The molecule has 0 saturated carbocycles. The first kappa shape index (κ1) is 30.6. The van der Waals surface area contributed by atoms with Crippen LogP contribution in [0.15, 0.2) is 62.6 Å². The third kappa shape index (κ3) is 9.96. The molecule has 0 aliphatic heterocycles.